The lowest BCUT2D eigenvalue weighted by molar-refractivity contribution is -0.384. The number of piperazine rings is 1. The predicted molar refractivity (Wildman–Crippen MR) is 91.7 cm³/mol. The van der Waals surface area contributed by atoms with Crippen molar-refractivity contribution >= 4 is 11.4 Å². The summed E-state index contributed by atoms with van der Waals surface area (Å²) in [7, 11) is 0. The van der Waals surface area contributed by atoms with E-state index in [-0.39, 0.29) is 10.6 Å². The van der Waals surface area contributed by atoms with Crippen molar-refractivity contribution in [2.75, 3.05) is 31.1 Å². The maximum Gasteiger partial charge on any atom is 0.269 e. The summed E-state index contributed by atoms with van der Waals surface area (Å²) in [5.74, 6) is 0. The monoisotopic (exact) mass is 322 g/mol. The van der Waals surface area contributed by atoms with Crippen molar-refractivity contribution in [1.82, 2.24) is 4.90 Å². The average molecular weight is 322 g/mol. The molecule has 0 radical (unpaired) electrons. The summed E-state index contributed by atoms with van der Waals surface area (Å²) in [4.78, 5) is 14.9. The van der Waals surface area contributed by atoms with Crippen LogP contribution in [-0.2, 0) is 6.54 Å². The SMILES string of the molecule is N#Cc1cccc(CN2CCN(c3ccc([N+](=O)[O-])cc3)CC2)c1. The normalized spacial score (nSPS) is 15.0. The van der Waals surface area contributed by atoms with Crippen molar-refractivity contribution in [3.8, 4) is 6.07 Å². The number of nitro groups is 1. The number of nitro benzene ring substituents is 1. The minimum Gasteiger partial charge on any atom is -0.369 e. The zero-order valence-corrected chi connectivity index (χ0v) is 13.3. The van der Waals surface area contributed by atoms with E-state index in [1.54, 1.807) is 12.1 Å². The summed E-state index contributed by atoms with van der Waals surface area (Å²) < 4.78 is 0. The molecule has 1 aliphatic heterocycles. The number of nitriles is 1. The number of anilines is 1. The van der Waals surface area contributed by atoms with Crippen LogP contribution in [0.2, 0.25) is 0 Å². The molecule has 2 aromatic carbocycles. The topological polar surface area (TPSA) is 73.4 Å². The largest absolute Gasteiger partial charge is 0.369 e. The molecule has 0 amide bonds. The second-order valence-corrected chi connectivity index (χ2v) is 5.85. The third kappa shape index (κ3) is 3.70. The Morgan fingerprint density at radius 3 is 2.42 bits per heavy atom. The molecule has 122 valence electrons. The molecule has 0 spiro atoms. The molecule has 0 N–H and O–H groups in total. The first-order valence-electron chi connectivity index (χ1n) is 7.86. The van der Waals surface area contributed by atoms with Gasteiger partial charge in [-0.05, 0) is 29.8 Å². The zero-order valence-electron chi connectivity index (χ0n) is 13.3. The van der Waals surface area contributed by atoms with Crippen molar-refractivity contribution in [3.63, 3.8) is 0 Å². The molecule has 6 heteroatoms. The first-order valence-corrected chi connectivity index (χ1v) is 7.86. The summed E-state index contributed by atoms with van der Waals surface area (Å²) in [6.07, 6.45) is 0. The van der Waals surface area contributed by atoms with Crippen molar-refractivity contribution in [3.05, 3.63) is 69.8 Å². The van der Waals surface area contributed by atoms with E-state index < -0.39 is 0 Å². The minimum absolute atomic E-state index is 0.120. The Bertz CT molecular complexity index is 759. The van der Waals surface area contributed by atoms with Gasteiger partial charge in [0, 0.05) is 50.5 Å². The number of benzene rings is 2. The molecule has 0 atom stereocenters. The van der Waals surface area contributed by atoms with Gasteiger partial charge in [-0.15, -0.1) is 0 Å². The van der Waals surface area contributed by atoms with Crippen LogP contribution in [-0.4, -0.2) is 36.0 Å². The van der Waals surface area contributed by atoms with E-state index in [0.717, 1.165) is 44.0 Å². The predicted octanol–water partition coefficient (Wildman–Crippen LogP) is 2.79. The van der Waals surface area contributed by atoms with Gasteiger partial charge in [0.15, 0.2) is 0 Å². The van der Waals surface area contributed by atoms with Crippen LogP contribution in [0.5, 0.6) is 0 Å². The third-order valence-electron chi connectivity index (χ3n) is 4.26. The fraction of sp³-hybridized carbons (Fsp3) is 0.278. The summed E-state index contributed by atoms with van der Waals surface area (Å²) in [6, 6.07) is 16.6. The van der Waals surface area contributed by atoms with Gasteiger partial charge in [-0.25, -0.2) is 0 Å². The number of hydrogen-bond donors (Lipinski definition) is 0. The minimum atomic E-state index is -0.378. The average Bonchev–Trinajstić information content (AvgIpc) is 2.62. The Kier molecular flexibility index (Phi) is 4.73. The Morgan fingerprint density at radius 1 is 1.08 bits per heavy atom. The standard InChI is InChI=1S/C18H18N4O2/c19-13-15-2-1-3-16(12-15)14-20-8-10-21(11-9-20)17-4-6-18(7-5-17)22(23)24/h1-7,12H,8-11,14H2. The van der Waals surface area contributed by atoms with E-state index in [9.17, 15) is 10.1 Å². The molecule has 6 nitrogen and oxygen atoms in total. The van der Waals surface area contributed by atoms with E-state index in [0.29, 0.717) is 5.56 Å². The van der Waals surface area contributed by atoms with Crippen LogP contribution in [0.25, 0.3) is 0 Å². The number of rotatable bonds is 4. The van der Waals surface area contributed by atoms with Gasteiger partial charge in [0.2, 0.25) is 0 Å². The lowest BCUT2D eigenvalue weighted by Gasteiger charge is -2.36. The summed E-state index contributed by atoms with van der Waals surface area (Å²) in [5, 5.41) is 19.7. The van der Waals surface area contributed by atoms with Crippen LogP contribution in [0, 0.1) is 21.4 Å². The molecule has 0 bridgehead atoms. The molecule has 2 aromatic rings. The molecule has 24 heavy (non-hydrogen) atoms. The summed E-state index contributed by atoms with van der Waals surface area (Å²) in [6.45, 7) is 4.46. The maximum absolute atomic E-state index is 10.7. The van der Waals surface area contributed by atoms with Crippen LogP contribution in [0.4, 0.5) is 11.4 Å². The van der Waals surface area contributed by atoms with Crippen LogP contribution in [0.1, 0.15) is 11.1 Å². The molecular formula is C18H18N4O2. The van der Waals surface area contributed by atoms with E-state index in [4.69, 9.17) is 5.26 Å². The van der Waals surface area contributed by atoms with E-state index in [1.807, 2.05) is 36.4 Å². The van der Waals surface area contributed by atoms with Gasteiger partial charge in [-0.1, -0.05) is 12.1 Å². The lowest BCUT2D eigenvalue weighted by atomic mass is 10.1. The smallest absolute Gasteiger partial charge is 0.269 e. The van der Waals surface area contributed by atoms with Crippen LogP contribution >= 0.6 is 0 Å². The molecule has 3 rings (SSSR count). The van der Waals surface area contributed by atoms with Crippen molar-refractivity contribution < 1.29 is 4.92 Å². The number of nitrogens with zero attached hydrogens (tertiary/aromatic N) is 4. The summed E-state index contributed by atoms with van der Waals surface area (Å²) in [5.41, 5.74) is 2.98. The van der Waals surface area contributed by atoms with Crippen molar-refractivity contribution in [2.24, 2.45) is 0 Å². The lowest BCUT2D eigenvalue weighted by Crippen LogP contribution is -2.45. The summed E-state index contributed by atoms with van der Waals surface area (Å²) >= 11 is 0. The Labute approximate surface area is 140 Å². The van der Waals surface area contributed by atoms with Gasteiger partial charge >= 0.3 is 0 Å². The van der Waals surface area contributed by atoms with Gasteiger partial charge in [0.25, 0.3) is 5.69 Å². The molecule has 1 heterocycles. The first kappa shape index (κ1) is 16.0. The van der Waals surface area contributed by atoms with Gasteiger partial charge in [0.1, 0.15) is 0 Å². The van der Waals surface area contributed by atoms with Gasteiger partial charge in [0.05, 0.1) is 16.6 Å². The highest BCUT2D eigenvalue weighted by molar-refractivity contribution is 5.51. The highest BCUT2D eigenvalue weighted by Crippen LogP contribution is 2.21. The highest BCUT2D eigenvalue weighted by Gasteiger charge is 2.18. The Balaban J connectivity index is 1.57. The molecule has 0 saturated carbocycles. The number of non-ortho nitro benzene ring substituents is 1. The first-order chi connectivity index (χ1) is 11.7. The fourth-order valence-electron chi connectivity index (χ4n) is 2.95. The van der Waals surface area contributed by atoms with E-state index >= 15 is 0 Å². The molecule has 1 aliphatic rings. The van der Waals surface area contributed by atoms with E-state index in [1.165, 1.54) is 0 Å². The zero-order chi connectivity index (χ0) is 16.9. The molecule has 0 unspecified atom stereocenters. The van der Waals surface area contributed by atoms with Crippen molar-refractivity contribution in [1.29, 1.82) is 5.26 Å². The Morgan fingerprint density at radius 2 is 1.79 bits per heavy atom. The van der Waals surface area contributed by atoms with Gasteiger partial charge in [-0.3, -0.25) is 15.0 Å². The van der Waals surface area contributed by atoms with Crippen LogP contribution < -0.4 is 4.90 Å². The molecule has 1 fully saturated rings. The number of hydrogen-bond acceptors (Lipinski definition) is 5. The second-order valence-electron chi connectivity index (χ2n) is 5.85. The van der Waals surface area contributed by atoms with E-state index in [2.05, 4.69) is 15.9 Å². The highest BCUT2D eigenvalue weighted by atomic mass is 16.6. The third-order valence-corrected chi connectivity index (χ3v) is 4.26. The maximum atomic E-state index is 10.7. The van der Waals surface area contributed by atoms with Crippen LogP contribution in [0.15, 0.2) is 48.5 Å². The molecule has 0 aliphatic carbocycles. The fourth-order valence-corrected chi connectivity index (χ4v) is 2.95. The van der Waals surface area contributed by atoms with Gasteiger partial charge < -0.3 is 4.90 Å². The molecule has 1 saturated heterocycles. The molecular weight excluding hydrogens is 304 g/mol. The molecule has 0 aromatic heterocycles. The van der Waals surface area contributed by atoms with Gasteiger partial charge in [-0.2, -0.15) is 5.26 Å². The van der Waals surface area contributed by atoms with Crippen LogP contribution in [0.3, 0.4) is 0 Å². The van der Waals surface area contributed by atoms with Crippen molar-refractivity contribution in [2.45, 2.75) is 6.54 Å². The quantitative estimate of drug-likeness (QED) is 0.639. The second kappa shape index (κ2) is 7.11. The Hall–Kier alpha value is -2.91.